The zero-order valence-electron chi connectivity index (χ0n) is 21.5. The van der Waals surface area contributed by atoms with Crippen LogP contribution in [-0.2, 0) is 38.6 Å². The second-order valence-electron chi connectivity index (χ2n) is 9.45. The molecule has 4 rings (SSSR count). The number of amides is 5. The molecule has 2 aromatic rings. The highest BCUT2D eigenvalue weighted by Gasteiger charge is 2.42. The van der Waals surface area contributed by atoms with Crippen molar-refractivity contribution in [3.8, 4) is 0 Å². The van der Waals surface area contributed by atoms with Crippen LogP contribution in [0, 0.1) is 0 Å². The Labute approximate surface area is 229 Å². The summed E-state index contributed by atoms with van der Waals surface area (Å²) in [5.41, 5.74) is 10.1. The maximum Gasteiger partial charge on any atom is 0.408 e. The second-order valence-corrected chi connectivity index (χ2v) is 9.45. The van der Waals surface area contributed by atoms with Crippen LogP contribution in [-0.4, -0.2) is 59.4 Å². The zero-order chi connectivity index (χ0) is 28.6. The van der Waals surface area contributed by atoms with Gasteiger partial charge in [-0.25, -0.2) is 15.0 Å². The highest BCUT2D eigenvalue weighted by molar-refractivity contribution is 6.06. The number of hydrogen-bond acceptors (Lipinski definition) is 7. The van der Waals surface area contributed by atoms with Crippen molar-refractivity contribution in [2.24, 2.45) is 10.8 Å². The van der Waals surface area contributed by atoms with E-state index in [9.17, 15) is 29.1 Å². The highest BCUT2D eigenvalue weighted by atomic mass is 16.5. The molecule has 2 aromatic carbocycles. The number of alkyl carbamates (subject to hydrolysis) is 1. The van der Waals surface area contributed by atoms with Gasteiger partial charge in [-0.2, -0.15) is 5.10 Å². The van der Waals surface area contributed by atoms with Gasteiger partial charge >= 0.3 is 18.1 Å². The summed E-state index contributed by atoms with van der Waals surface area (Å²) in [5.74, 6) is -2.28. The summed E-state index contributed by atoms with van der Waals surface area (Å²) in [6, 6.07) is 10.8. The summed E-state index contributed by atoms with van der Waals surface area (Å²) in [5, 5.41) is 18.1. The van der Waals surface area contributed by atoms with E-state index in [1.807, 2.05) is 54.0 Å². The number of benzene rings is 2. The van der Waals surface area contributed by atoms with Gasteiger partial charge in [0, 0.05) is 6.21 Å². The molecule has 2 heterocycles. The van der Waals surface area contributed by atoms with Crippen LogP contribution in [0.4, 0.5) is 15.3 Å². The number of nitrogens with zero attached hydrogens (tertiary/aromatic N) is 2. The molecule has 40 heavy (non-hydrogen) atoms. The molecule has 0 saturated heterocycles. The van der Waals surface area contributed by atoms with Gasteiger partial charge < -0.3 is 26.2 Å². The first-order chi connectivity index (χ1) is 19.2. The smallest absolute Gasteiger partial charge is 0.408 e. The topological polar surface area (TPSA) is 193 Å². The Balaban J connectivity index is 1.53. The van der Waals surface area contributed by atoms with E-state index < -0.39 is 54.5 Å². The maximum absolute atomic E-state index is 13.9. The number of carboxylic acid groups (broad SMARTS) is 1. The van der Waals surface area contributed by atoms with Crippen molar-refractivity contribution >= 4 is 41.8 Å². The number of urea groups is 1. The summed E-state index contributed by atoms with van der Waals surface area (Å²) in [6.45, 7) is 0.0316. The molecule has 3 atom stereocenters. The summed E-state index contributed by atoms with van der Waals surface area (Å²) in [6.07, 6.45) is 1.35. The monoisotopic (exact) mass is 550 g/mol. The molecule has 0 radical (unpaired) electrons. The Hall–Kier alpha value is -4.94. The molecule has 2 aliphatic heterocycles. The third-order valence-electron chi connectivity index (χ3n) is 6.64. The standard InChI is InChI=1S/C27H30N6O7/c28-26(38)32-29-14-19(13-22(34)35)30-24(36)21-12-10-18-8-4-7-17-9-11-20(25(37)33(21)23(17)18)31-27(39)40-15-16-5-2-1-3-6-16/h1-8,14,19-21H,9-13,15H2,(H,30,36)(H,31,39)(H,34,35)(H3,28,32,38)/t19-,20-,21?/m0/s1. The van der Waals surface area contributed by atoms with Gasteiger partial charge in [0.1, 0.15) is 18.7 Å². The number of carbonyl (C=O) groups excluding carboxylic acids is 4. The van der Waals surface area contributed by atoms with Crippen molar-refractivity contribution in [2.45, 2.75) is 56.8 Å². The number of carbonyl (C=O) groups is 5. The van der Waals surface area contributed by atoms with Gasteiger partial charge in [-0.1, -0.05) is 48.5 Å². The van der Waals surface area contributed by atoms with Crippen molar-refractivity contribution < 1.29 is 33.8 Å². The van der Waals surface area contributed by atoms with Gasteiger partial charge in [0.25, 0.3) is 0 Å². The average molecular weight is 551 g/mol. The van der Waals surface area contributed by atoms with E-state index in [4.69, 9.17) is 10.5 Å². The first kappa shape index (κ1) is 28.1. The number of anilines is 1. The Morgan fingerprint density at radius 2 is 1.77 bits per heavy atom. The molecule has 13 nitrogen and oxygen atoms in total. The summed E-state index contributed by atoms with van der Waals surface area (Å²) < 4.78 is 5.31. The van der Waals surface area contributed by atoms with Crippen LogP contribution in [0.15, 0.2) is 53.6 Å². The third-order valence-corrected chi connectivity index (χ3v) is 6.64. The molecule has 0 spiro atoms. The molecule has 210 valence electrons. The lowest BCUT2D eigenvalue weighted by molar-refractivity contribution is -0.137. The zero-order valence-corrected chi connectivity index (χ0v) is 21.5. The summed E-state index contributed by atoms with van der Waals surface area (Å²) >= 11 is 0. The van der Waals surface area contributed by atoms with E-state index in [2.05, 4.69) is 15.7 Å². The molecule has 0 bridgehead atoms. The van der Waals surface area contributed by atoms with Crippen molar-refractivity contribution in [1.82, 2.24) is 16.1 Å². The lowest BCUT2D eigenvalue weighted by Crippen LogP contribution is -2.58. The Morgan fingerprint density at radius 1 is 1.07 bits per heavy atom. The first-order valence-electron chi connectivity index (χ1n) is 12.7. The van der Waals surface area contributed by atoms with Crippen LogP contribution >= 0.6 is 0 Å². The fraction of sp³-hybridized carbons (Fsp3) is 0.333. The molecule has 5 amide bonds. The van der Waals surface area contributed by atoms with E-state index in [1.54, 1.807) is 0 Å². The van der Waals surface area contributed by atoms with Crippen LogP contribution in [0.2, 0.25) is 0 Å². The highest BCUT2D eigenvalue weighted by Crippen LogP contribution is 2.37. The minimum Gasteiger partial charge on any atom is -0.481 e. The Morgan fingerprint density at radius 3 is 2.45 bits per heavy atom. The normalized spacial score (nSPS) is 18.7. The van der Waals surface area contributed by atoms with E-state index in [1.165, 1.54) is 4.90 Å². The van der Waals surface area contributed by atoms with E-state index in [-0.39, 0.29) is 13.0 Å². The van der Waals surface area contributed by atoms with Crippen molar-refractivity contribution in [2.75, 3.05) is 4.90 Å². The lowest BCUT2D eigenvalue weighted by atomic mass is 9.92. The molecule has 1 unspecified atom stereocenters. The Bertz CT molecular complexity index is 1320. The van der Waals surface area contributed by atoms with Crippen molar-refractivity contribution in [3.63, 3.8) is 0 Å². The van der Waals surface area contributed by atoms with Crippen molar-refractivity contribution in [1.29, 1.82) is 0 Å². The molecule has 0 fully saturated rings. The number of nitrogens with two attached hydrogens (primary N) is 1. The van der Waals surface area contributed by atoms with Gasteiger partial charge in [-0.3, -0.25) is 19.3 Å². The number of ether oxygens (including phenoxy) is 1. The number of hydrogen-bond donors (Lipinski definition) is 5. The molecular formula is C27H30N6O7. The average Bonchev–Trinajstić information content (AvgIpc) is 3.06. The number of rotatable bonds is 9. The number of aliphatic carboxylic acids is 1. The minimum atomic E-state index is -1.21. The van der Waals surface area contributed by atoms with Crippen LogP contribution in [0.3, 0.4) is 0 Å². The summed E-state index contributed by atoms with van der Waals surface area (Å²) in [7, 11) is 0. The molecule has 6 N–H and O–H groups in total. The summed E-state index contributed by atoms with van der Waals surface area (Å²) in [4.78, 5) is 63.6. The fourth-order valence-electron chi connectivity index (χ4n) is 4.88. The van der Waals surface area contributed by atoms with Gasteiger partial charge in [0.15, 0.2) is 0 Å². The lowest BCUT2D eigenvalue weighted by Gasteiger charge is -2.38. The van der Waals surface area contributed by atoms with Crippen LogP contribution in [0.1, 0.15) is 36.0 Å². The van der Waals surface area contributed by atoms with E-state index in [0.717, 1.165) is 22.9 Å². The minimum absolute atomic E-state index is 0.0316. The van der Waals surface area contributed by atoms with Crippen LogP contribution in [0.5, 0.6) is 0 Å². The fourth-order valence-corrected chi connectivity index (χ4v) is 4.88. The van der Waals surface area contributed by atoms with Gasteiger partial charge in [-0.15, -0.1) is 0 Å². The molecule has 0 aromatic heterocycles. The predicted octanol–water partition coefficient (Wildman–Crippen LogP) is 1.19. The van der Waals surface area contributed by atoms with Crippen LogP contribution < -0.4 is 26.7 Å². The van der Waals surface area contributed by atoms with Gasteiger partial charge in [-0.05, 0) is 42.4 Å². The number of nitrogens with one attached hydrogen (secondary N) is 3. The quantitative estimate of drug-likeness (QED) is 0.229. The number of carboxylic acids is 1. The Kier molecular flexibility index (Phi) is 8.94. The number of para-hydroxylation sites is 1. The molecule has 0 saturated carbocycles. The van der Waals surface area contributed by atoms with Crippen LogP contribution in [0.25, 0.3) is 0 Å². The molecular weight excluding hydrogens is 520 g/mol. The third kappa shape index (κ3) is 6.92. The van der Waals surface area contributed by atoms with E-state index in [0.29, 0.717) is 24.9 Å². The number of aryl methyl sites for hydroxylation is 2. The SMILES string of the molecule is NC(=O)NN=C[C@H](CC(=O)O)NC(=O)C1CCc2cccc3c2N1C(=O)[C@@H](NC(=O)OCc1ccccc1)CC3. The molecule has 13 heteroatoms. The van der Waals surface area contributed by atoms with Gasteiger partial charge in [0.05, 0.1) is 18.2 Å². The predicted molar refractivity (Wildman–Crippen MR) is 143 cm³/mol. The second kappa shape index (κ2) is 12.7. The molecule has 2 aliphatic rings. The van der Waals surface area contributed by atoms with Gasteiger partial charge in [0.2, 0.25) is 11.8 Å². The van der Waals surface area contributed by atoms with E-state index >= 15 is 0 Å². The first-order valence-corrected chi connectivity index (χ1v) is 12.7. The maximum atomic E-state index is 13.9. The largest absolute Gasteiger partial charge is 0.481 e. The number of primary amides is 1. The number of hydrazone groups is 1. The van der Waals surface area contributed by atoms with Crippen molar-refractivity contribution in [3.05, 3.63) is 65.2 Å². The molecule has 0 aliphatic carbocycles.